The van der Waals surface area contributed by atoms with Gasteiger partial charge in [0.2, 0.25) is 5.91 Å². The van der Waals surface area contributed by atoms with Crippen LogP contribution >= 0.6 is 11.3 Å². The number of thiophene rings is 1. The molecule has 1 aromatic heterocycles. The fourth-order valence-electron chi connectivity index (χ4n) is 3.11. The van der Waals surface area contributed by atoms with E-state index in [1.165, 1.54) is 17.0 Å². The van der Waals surface area contributed by atoms with Crippen molar-refractivity contribution < 1.29 is 14.5 Å². The van der Waals surface area contributed by atoms with Crippen molar-refractivity contribution >= 4 is 28.2 Å². The first kappa shape index (κ1) is 16.8. The Bertz CT molecular complexity index is 658. The maximum absolute atomic E-state index is 12.6. The number of likely N-dealkylation sites (tertiary alicyclic amines) is 1. The van der Waals surface area contributed by atoms with Crippen LogP contribution in [-0.2, 0) is 4.79 Å². The van der Waals surface area contributed by atoms with Crippen LogP contribution in [0.1, 0.15) is 35.4 Å². The summed E-state index contributed by atoms with van der Waals surface area (Å²) in [5.74, 6) is -0.0415. The molecule has 1 aromatic rings. The molecule has 2 fully saturated rings. The summed E-state index contributed by atoms with van der Waals surface area (Å²) in [5, 5.41) is 13.7. The number of carbonyl (C=O) groups is 2. The van der Waals surface area contributed by atoms with E-state index in [4.69, 9.17) is 5.73 Å². The van der Waals surface area contributed by atoms with Crippen molar-refractivity contribution in [3.63, 3.8) is 0 Å². The third kappa shape index (κ3) is 3.41. The highest BCUT2D eigenvalue weighted by molar-refractivity contribution is 7.17. The molecule has 3 rings (SSSR count). The van der Waals surface area contributed by atoms with E-state index in [1.54, 1.807) is 0 Å². The van der Waals surface area contributed by atoms with Crippen LogP contribution in [0.4, 0.5) is 5.00 Å². The van der Waals surface area contributed by atoms with E-state index in [1.807, 2.05) is 0 Å². The van der Waals surface area contributed by atoms with Gasteiger partial charge in [-0.3, -0.25) is 19.7 Å². The lowest BCUT2D eigenvalue weighted by molar-refractivity contribution is -0.380. The molecule has 9 heteroatoms. The van der Waals surface area contributed by atoms with E-state index < -0.39 is 11.0 Å². The second-order valence-corrected chi connectivity index (χ2v) is 7.30. The Morgan fingerprint density at radius 3 is 2.75 bits per heavy atom. The summed E-state index contributed by atoms with van der Waals surface area (Å²) in [6.45, 7) is 0.882. The predicted octanol–water partition coefficient (Wildman–Crippen LogP) is 1.11. The van der Waals surface area contributed by atoms with Crippen molar-refractivity contribution in [2.45, 2.75) is 37.8 Å². The third-order valence-electron chi connectivity index (χ3n) is 4.57. The Morgan fingerprint density at radius 1 is 1.42 bits per heavy atom. The normalized spacial score (nSPS) is 21.5. The van der Waals surface area contributed by atoms with Gasteiger partial charge in [-0.2, -0.15) is 0 Å². The van der Waals surface area contributed by atoms with Gasteiger partial charge in [-0.1, -0.05) is 11.3 Å². The van der Waals surface area contributed by atoms with E-state index in [9.17, 15) is 19.7 Å². The maximum Gasteiger partial charge on any atom is 0.324 e. The zero-order valence-corrected chi connectivity index (χ0v) is 14.0. The molecule has 2 amide bonds. The highest BCUT2D eigenvalue weighted by Crippen LogP contribution is 2.33. The smallest absolute Gasteiger partial charge is 0.324 e. The molecule has 2 aliphatic rings. The van der Waals surface area contributed by atoms with E-state index in [0.717, 1.165) is 30.6 Å². The molecule has 3 N–H and O–H groups in total. The molecule has 0 radical (unpaired) electrons. The van der Waals surface area contributed by atoms with Crippen LogP contribution in [0.2, 0.25) is 0 Å². The first-order valence-corrected chi connectivity index (χ1v) is 8.88. The number of amides is 2. The zero-order valence-electron chi connectivity index (χ0n) is 13.1. The lowest BCUT2D eigenvalue weighted by Crippen LogP contribution is -2.51. The molecular weight excluding hydrogens is 332 g/mol. The van der Waals surface area contributed by atoms with Crippen LogP contribution in [0.15, 0.2) is 12.1 Å². The molecule has 2 unspecified atom stereocenters. The van der Waals surface area contributed by atoms with Crippen LogP contribution in [0.25, 0.3) is 0 Å². The standard InChI is InChI=1S/C15H20N4O4S/c16-8-10(9-3-4-9)17-14(20)11-2-1-7-18(11)15(21)12-5-6-13(24-12)19(22)23/h5-6,9-11H,1-4,7-8,16H2,(H,17,20). The van der Waals surface area contributed by atoms with Crippen molar-refractivity contribution in [1.29, 1.82) is 0 Å². The van der Waals surface area contributed by atoms with Gasteiger partial charge in [0, 0.05) is 25.2 Å². The number of nitrogens with one attached hydrogen (secondary N) is 1. The van der Waals surface area contributed by atoms with Gasteiger partial charge in [-0.15, -0.1) is 0 Å². The third-order valence-corrected chi connectivity index (χ3v) is 5.60. The maximum atomic E-state index is 12.6. The summed E-state index contributed by atoms with van der Waals surface area (Å²) in [7, 11) is 0. The second-order valence-electron chi connectivity index (χ2n) is 6.24. The van der Waals surface area contributed by atoms with Gasteiger partial charge in [0.15, 0.2) is 0 Å². The van der Waals surface area contributed by atoms with E-state index in [2.05, 4.69) is 5.32 Å². The topological polar surface area (TPSA) is 119 Å². The molecule has 1 aliphatic heterocycles. The number of hydrogen-bond donors (Lipinski definition) is 2. The van der Waals surface area contributed by atoms with Gasteiger partial charge >= 0.3 is 5.00 Å². The van der Waals surface area contributed by atoms with E-state index in [-0.39, 0.29) is 22.9 Å². The van der Waals surface area contributed by atoms with Gasteiger partial charge in [0.05, 0.1) is 9.80 Å². The van der Waals surface area contributed by atoms with Crippen molar-refractivity contribution in [2.24, 2.45) is 11.7 Å². The summed E-state index contributed by atoms with van der Waals surface area (Å²) < 4.78 is 0. The number of nitrogens with two attached hydrogens (primary N) is 1. The molecule has 130 valence electrons. The van der Waals surface area contributed by atoms with Gasteiger partial charge in [-0.05, 0) is 37.7 Å². The van der Waals surface area contributed by atoms with Crippen LogP contribution in [0, 0.1) is 16.0 Å². The average molecular weight is 352 g/mol. The summed E-state index contributed by atoms with van der Waals surface area (Å²) in [4.78, 5) is 37.2. The van der Waals surface area contributed by atoms with Gasteiger partial charge < -0.3 is 16.0 Å². The molecule has 1 aliphatic carbocycles. The highest BCUT2D eigenvalue weighted by atomic mass is 32.1. The number of hydrogen-bond acceptors (Lipinski definition) is 6. The number of nitro groups is 1. The van der Waals surface area contributed by atoms with Crippen LogP contribution in [0.5, 0.6) is 0 Å². The molecule has 8 nitrogen and oxygen atoms in total. The molecule has 2 heterocycles. The number of carbonyl (C=O) groups excluding carboxylic acids is 2. The summed E-state index contributed by atoms with van der Waals surface area (Å²) >= 11 is 0.841. The monoisotopic (exact) mass is 352 g/mol. The summed E-state index contributed by atoms with van der Waals surface area (Å²) in [6.07, 6.45) is 3.50. The Hall–Kier alpha value is -2.00. The minimum Gasteiger partial charge on any atom is -0.350 e. The number of rotatable bonds is 6. The fraction of sp³-hybridized carbons (Fsp3) is 0.600. The largest absolute Gasteiger partial charge is 0.350 e. The number of nitrogens with zero attached hydrogens (tertiary/aromatic N) is 2. The SMILES string of the molecule is NCC(NC(=O)C1CCCN1C(=O)c1ccc([N+](=O)[O-])s1)C1CC1. The van der Waals surface area contributed by atoms with Crippen molar-refractivity contribution in [3.8, 4) is 0 Å². The minimum atomic E-state index is -0.522. The lowest BCUT2D eigenvalue weighted by atomic mass is 10.1. The minimum absolute atomic E-state index is 0.0297. The molecular formula is C15H20N4O4S. The van der Waals surface area contributed by atoms with Crippen molar-refractivity contribution in [1.82, 2.24) is 10.2 Å². The molecule has 2 atom stereocenters. The van der Waals surface area contributed by atoms with Crippen LogP contribution < -0.4 is 11.1 Å². The Morgan fingerprint density at radius 2 is 2.17 bits per heavy atom. The van der Waals surface area contributed by atoms with Gasteiger partial charge in [-0.25, -0.2) is 0 Å². The molecule has 24 heavy (non-hydrogen) atoms. The Kier molecular flexibility index (Phi) is 4.81. The molecule has 0 bridgehead atoms. The van der Waals surface area contributed by atoms with Crippen molar-refractivity contribution in [3.05, 3.63) is 27.1 Å². The lowest BCUT2D eigenvalue weighted by Gasteiger charge is -2.25. The van der Waals surface area contributed by atoms with Crippen molar-refractivity contribution in [2.75, 3.05) is 13.1 Å². The average Bonchev–Trinajstić information content (AvgIpc) is 3.10. The molecule has 0 spiro atoms. The zero-order chi connectivity index (χ0) is 17.3. The van der Waals surface area contributed by atoms with Gasteiger partial charge in [0.25, 0.3) is 5.91 Å². The Balaban J connectivity index is 1.68. The van der Waals surface area contributed by atoms with E-state index >= 15 is 0 Å². The molecule has 1 saturated carbocycles. The van der Waals surface area contributed by atoms with Gasteiger partial charge in [0.1, 0.15) is 6.04 Å². The van der Waals surface area contributed by atoms with E-state index in [0.29, 0.717) is 30.3 Å². The van der Waals surface area contributed by atoms with Crippen LogP contribution in [0.3, 0.4) is 0 Å². The first-order valence-electron chi connectivity index (χ1n) is 8.07. The second kappa shape index (κ2) is 6.86. The predicted molar refractivity (Wildman–Crippen MR) is 88.7 cm³/mol. The Labute approximate surface area is 143 Å². The highest BCUT2D eigenvalue weighted by Gasteiger charge is 2.38. The fourth-order valence-corrected chi connectivity index (χ4v) is 3.89. The quantitative estimate of drug-likeness (QED) is 0.587. The first-order chi connectivity index (χ1) is 11.5. The van der Waals surface area contributed by atoms with Crippen LogP contribution in [-0.4, -0.2) is 46.8 Å². The summed E-state index contributed by atoms with van der Waals surface area (Å²) in [5.41, 5.74) is 5.72. The summed E-state index contributed by atoms with van der Waals surface area (Å²) in [6, 6.07) is 2.22. The molecule has 1 saturated heterocycles. The molecule has 0 aromatic carbocycles.